The van der Waals surface area contributed by atoms with Gasteiger partial charge in [0.2, 0.25) is 5.79 Å². The van der Waals surface area contributed by atoms with E-state index in [0.29, 0.717) is 19.6 Å². The number of nitrogens with one attached hydrogen (secondary N) is 1. The van der Waals surface area contributed by atoms with Gasteiger partial charge in [-0.25, -0.2) is 8.78 Å². The summed E-state index contributed by atoms with van der Waals surface area (Å²) in [7, 11) is 0. The van der Waals surface area contributed by atoms with Crippen LogP contribution < -0.4 is 5.32 Å². The molecule has 21 heavy (non-hydrogen) atoms. The summed E-state index contributed by atoms with van der Waals surface area (Å²) in [6.45, 7) is 3.82. The van der Waals surface area contributed by atoms with Gasteiger partial charge in [-0.05, 0) is 24.1 Å². The number of hydrogen-bond acceptors (Lipinski definition) is 2. The van der Waals surface area contributed by atoms with Gasteiger partial charge in [0.1, 0.15) is 0 Å². The third kappa shape index (κ3) is 2.65. The number of allylic oxidation sites excluding steroid dienone is 2. The SMILES string of the molecule is CC1CNCCN1C1(F)CC(c2ccccc2)=CC=C1F. The highest BCUT2D eigenvalue weighted by Gasteiger charge is 2.46. The van der Waals surface area contributed by atoms with Crippen LogP contribution in [0, 0.1) is 0 Å². The lowest BCUT2D eigenvalue weighted by molar-refractivity contribution is -0.0506. The van der Waals surface area contributed by atoms with Crippen molar-refractivity contribution in [3.05, 3.63) is 53.9 Å². The first-order valence-corrected chi connectivity index (χ1v) is 7.40. The Kier molecular flexibility index (Phi) is 3.91. The average molecular weight is 290 g/mol. The standard InChI is InChI=1S/C17H20F2N2/c1-13-12-20-9-10-21(13)17(19)11-15(7-8-16(17)18)14-5-3-2-4-6-14/h2-8,13,20H,9-12H2,1H3. The Bertz CT molecular complexity index is 567. The zero-order valence-corrected chi connectivity index (χ0v) is 12.2. The van der Waals surface area contributed by atoms with Crippen LogP contribution >= 0.6 is 0 Å². The summed E-state index contributed by atoms with van der Waals surface area (Å²) in [5.41, 5.74) is 1.79. The molecule has 1 N–H and O–H groups in total. The third-order valence-corrected chi connectivity index (χ3v) is 4.32. The summed E-state index contributed by atoms with van der Waals surface area (Å²) < 4.78 is 29.7. The van der Waals surface area contributed by atoms with Crippen LogP contribution in [0.15, 0.2) is 48.3 Å². The fraction of sp³-hybridized carbons (Fsp3) is 0.412. The van der Waals surface area contributed by atoms with Gasteiger partial charge in [0.15, 0.2) is 5.83 Å². The van der Waals surface area contributed by atoms with E-state index in [4.69, 9.17) is 0 Å². The van der Waals surface area contributed by atoms with E-state index < -0.39 is 11.6 Å². The maximum atomic E-state index is 15.5. The van der Waals surface area contributed by atoms with Gasteiger partial charge in [0, 0.05) is 32.1 Å². The molecule has 1 heterocycles. The van der Waals surface area contributed by atoms with E-state index in [2.05, 4.69) is 5.32 Å². The molecule has 1 aliphatic heterocycles. The van der Waals surface area contributed by atoms with Crippen molar-refractivity contribution in [1.82, 2.24) is 10.2 Å². The first kappa shape index (κ1) is 14.4. The molecule has 2 aliphatic rings. The van der Waals surface area contributed by atoms with E-state index in [-0.39, 0.29) is 12.5 Å². The van der Waals surface area contributed by atoms with Gasteiger partial charge in [0.05, 0.1) is 0 Å². The molecular formula is C17H20F2N2. The lowest BCUT2D eigenvalue weighted by Gasteiger charge is -2.44. The molecule has 2 atom stereocenters. The van der Waals surface area contributed by atoms with Gasteiger partial charge < -0.3 is 5.32 Å². The fourth-order valence-corrected chi connectivity index (χ4v) is 3.15. The molecule has 0 bridgehead atoms. The molecule has 1 saturated heterocycles. The molecule has 1 fully saturated rings. The van der Waals surface area contributed by atoms with Crippen molar-refractivity contribution in [2.45, 2.75) is 25.2 Å². The first-order chi connectivity index (χ1) is 10.1. The molecule has 0 radical (unpaired) electrons. The molecule has 0 aromatic heterocycles. The summed E-state index contributed by atoms with van der Waals surface area (Å²) in [4.78, 5) is 1.64. The van der Waals surface area contributed by atoms with Crippen molar-refractivity contribution in [2.24, 2.45) is 0 Å². The summed E-state index contributed by atoms with van der Waals surface area (Å²) in [5, 5.41) is 3.21. The van der Waals surface area contributed by atoms with Crippen LogP contribution in [0.25, 0.3) is 5.57 Å². The summed E-state index contributed by atoms with van der Waals surface area (Å²) in [5.74, 6) is -2.71. The first-order valence-electron chi connectivity index (χ1n) is 7.40. The summed E-state index contributed by atoms with van der Waals surface area (Å²) in [6, 6.07) is 9.59. The number of rotatable bonds is 2. The molecule has 4 heteroatoms. The molecule has 112 valence electrons. The lowest BCUT2D eigenvalue weighted by atomic mass is 9.90. The highest BCUT2D eigenvalue weighted by atomic mass is 19.2. The van der Waals surface area contributed by atoms with E-state index in [1.807, 2.05) is 37.3 Å². The smallest absolute Gasteiger partial charge is 0.220 e. The molecule has 0 amide bonds. The Labute approximate surface area is 124 Å². The van der Waals surface area contributed by atoms with Crippen molar-refractivity contribution >= 4 is 5.57 Å². The topological polar surface area (TPSA) is 15.3 Å². The second-order valence-electron chi connectivity index (χ2n) is 5.76. The zero-order chi connectivity index (χ0) is 14.9. The highest BCUT2D eigenvalue weighted by molar-refractivity contribution is 5.70. The average Bonchev–Trinajstić information content (AvgIpc) is 2.51. The van der Waals surface area contributed by atoms with E-state index in [1.165, 1.54) is 6.08 Å². The minimum Gasteiger partial charge on any atom is -0.314 e. The Hall–Kier alpha value is -1.52. The third-order valence-electron chi connectivity index (χ3n) is 4.32. The monoisotopic (exact) mass is 290 g/mol. The molecule has 2 unspecified atom stereocenters. The highest BCUT2D eigenvalue weighted by Crippen LogP contribution is 2.41. The fourth-order valence-electron chi connectivity index (χ4n) is 3.15. The van der Waals surface area contributed by atoms with Gasteiger partial charge in [-0.2, -0.15) is 0 Å². The van der Waals surface area contributed by atoms with E-state index in [9.17, 15) is 4.39 Å². The van der Waals surface area contributed by atoms with Crippen LogP contribution in [-0.4, -0.2) is 36.4 Å². The summed E-state index contributed by atoms with van der Waals surface area (Å²) >= 11 is 0. The number of nitrogens with zero attached hydrogens (tertiary/aromatic N) is 1. The zero-order valence-electron chi connectivity index (χ0n) is 12.2. The van der Waals surface area contributed by atoms with Crippen molar-refractivity contribution in [3.8, 4) is 0 Å². The van der Waals surface area contributed by atoms with Crippen LogP contribution in [0.1, 0.15) is 18.9 Å². The second-order valence-corrected chi connectivity index (χ2v) is 5.76. The van der Waals surface area contributed by atoms with Gasteiger partial charge in [-0.1, -0.05) is 36.4 Å². The van der Waals surface area contributed by atoms with Crippen LogP contribution in [0.3, 0.4) is 0 Å². The predicted octanol–water partition coefficient (Wildman–Crippen LogP) is 3.29. The molecule has 0 spiro atoms. The number of hydrogen-bond donors (Lipinski definition) is 1. The Balaban J connectivity index is 1.90. The Morgan fingerprint density at radius 3 is 2.71 bits per heavy atom. The number of alkyl halides is 1. The number of benzene rings is 1. The van der Waals surface area contributed by atoms with Crippen molar-refractivity contribution < 1.29 is 8.78 Å². The van der Waals surface area contributed by atoms with Crippen molar-refractivity contribution in [1.29, 1.82) is 0 Å². The van der Waals surface area contributed by atoms with Crippen molar-refractivity contribution in [3.63, 3.8) is 0 Å². The second kappa shape index (κ2) is 5.70. The van der Waals surface area contributed by atoms with Gasteiger partial charge >= 0.3 is 0 Å². The number of halogens is 2. The molecule has 3 rings (SSSR count). The number of piperazine rings is 1. The Morgan fingerprint density at radius 1 is 1.24 bits per heavy atom. The Morgan fingerprint density at radius 2 is 2.00 bits per heavy atom. The van der Waals surface area contributed by atoms with E-state index in [1.54, 1.807) is 11.0 Å². The molecule has 1 aliphatic carbocycles. The predicted molar refractivity (Wildman–Crippen MR) is 81.1 cm³/mol. The molecule has 1 aromatic rings. The minimum atomic E-state index is -2.03. The van der Waals surface area contributed by atoms with Gasteiger partial charge in [-0.15, -0.1) is 0 Å². The van der Waals surface area contributed by atoms with E-state index >= 15 is 4.39 Å². The van der Waals surface area contributed by atoms with Crippen LogP contribution in [-0.2, 0) is 0 Å². The molecular weight excluding hydrogens is 270 g/mol. The van der Waals surface area contributed by atoms with Crippen LogP contribution in [0.2, 0.25) is 0 Å². The maximum absolute atomic E-state index is 15.5. The molecule has 2 nitrogen and oxygen atoms in total. The van der Waals surface area contributed by atoms with Crippen LogP contribution in [0.5, 0.6) is 0 Å². The van der Waals surface area contributed by atoms with Crippen LogP contribution in [0.4, 0.5) is 8.78 Å². The molecule has 0 saturated carbocycles. The normalized spacial score (nSPS) is 30.7. The quantitative estimate of drug-likeness (QED) is 0.841. The molecule has 1 aromatic carbocycles. The van der Waals surface area contributed by atoms with Crippen molar-refractivity contribution in [2.75, 3.05) is 19.6 Å². The van der Waals surface area contributed by atoms with E-state index in [0.717, 1.165) is 11.1 Å². The minimum absolute atomic E-state index is 0.0296. The van der Waals surface area contributed by atoms with Gasteiger partial charge in [-0.3, -0.25) is 4.90 Å². The largest absolute Gasteiger partial charge is 0.314 e. The maximum Gasteiger partial charge on any atom is 0.220 e. The lowest BCUT2D eigenvalue weighted by Crippen LogP contribution is -2.59. The van der Waals surface area contributed by atoms with Gasteiger partial charge in [0.25, 0.3) is 0 Å². The summed E-state index contributed by atoms with van der Waals surface area (Å²) in [6.07, 6.45) is 3.03.